The molecule has 4 nitrogen and oxygen atoms in total. The van der Waals surface area contributed by atoms with Crippen LogP contribution in [-0.2, 0) is 12.8 Å². The molecule has 0 aromatic heterocycles. The number of likely N-dealkylation sites (tertiary alicyclic amines) is 1. The van der Waals surface area contributed by atoms with Crippen molar-refractivity contribution >= 4 is 24.0 Å². The summed E-state index contributed by atoms with van der Waals surface area (Å²) in [7, 11) is 0. The summed E-state index contributed by atoms with van der Waals surface area (Å²) >= 11 is 5.94. The van der Waals surface area contributed by atoms with Gasteiger partial charge < -0.3 is 14.9 Å². The molecule has 27 heavy (non-hydrogen) atoms. The third kappa shape index (κ3) is 4.88. The minimum atomic E-state index is -0.643. The Morgan fingerprint density at radius 1 is 1.11 bits per heavy atom. The van der Waals surface area contributed by atoms with E-state index in [0.29, 0.717) is 12.2 Å². The summed E-state index contributed by atoms with van der Waals surface area (Å²) in [4.78, 5) is 2.37. The molecule has 2 aliphatic rings. The second kappa shape index (κ2) is 8.27. The fourth-order valence-corrected chi connectivity index (χ4v) is 4.13. The Morgan fingerprint density at radius 3 is 2.52 bits per heavy atom. The van der Waals surface area contributed by atoms with Gasteiger partial charge in [-0.3, -0.25) is 4.90 Å². The van der Waals surface area contributed by atoms with Gasteiger partial charge in [0.05, 0.1) is 5.60 Å². The molecule has 0 unspecified atom stereocenters. The van der Waals surface area contributed by atoms with Crippen molar-refractivity contribution in [3.63, 3.8) is 0 Å². The van der Waals surface area contributed by atoms with Crippen molar-refractivity contribution in [3.8, 4) is 11.5 Å². The maximum atomic E-state index is 10.9. The van der Waals surface area contributed by atoms with Crippen LogP contribution < -0.4 is 4.74 Å². The Bertz CT molecular complexity index is 773. The molecule has 0 amide bonds. The van der Waals surface area contributed by atoms with E-state index in [1.165, 1.54) is 0 Å². The van der Waals surface area contributed by atoms with Crippen LogP contribution in [0.25, 0.3) is 0 Å². The van der Waals surface area contributed by atoms with E-state index in [-0.39, 0.29) is 18.5 Å². The standard InChI is InChI=1S/C21H24ClNO3.ClH/c22-17-3-1-15(2-4-17)13-21(25)7-9-23(10-8-21)14-19-12-16-11-18(24)5-6-20(16)26-19;/h1-6,11,19,24-25H,7-10,12-14H2;1H/t19-;/m0./s1. The van der Waals surface area contributed by atoms with Crippen molar-refractivity contribution < 1.29 is 14.9 Å². The molecular weight excluding hydrogens is 385 g/mol. The quantitative estimate of drug-likeness (QED) is 0.805. The molecule has 2 aromatic carbocycles. The van der Waals surface area contributed by atoms with Crippen LogP contribution in [0.15, 0.2) is 42.5 Å². The first kappa shape index (κ1) is 20.3. The number of nitrogens with zero attached hydrogens (tertiary/aromatic N) is 1. The van der Waals surface area contributed by atoms with Crippen molar-refractivity contribution in [1.82, 2.24) is 4.90 Å². The fourth-order valence-electron chi connectivity index (χ4n) is 4.01. The molecule has 6 heteroatoms. The molecule has 0 spiro atoms. The van der Waals surface area contributed by atoms with Crippen molar-refractivity contribution in [1.29, 1.82) is 0 Å². The molecule has 0 radical (unpaired) electrons. The highest BCUT2D eigenvalue weighted by Crippen LogP contribution is 2.33. The number of aliphatic hydroxyl groups is 1. The number of hydrogen-bond donors (Lipinski definition) is 2. The van der Waals surface area contributed by atoms with Crippen molar-refractivity contribution in [2.24, 2.45) is 0 Å². The van der Waals surface area contributed by atoms with Gasteiger partial charge in [0.25, 0.3) is 0 Å². The predicted molar refractivity (Wildman–Crippen MR) is 109 cm³/mol. The van der Waals surface area contributed by atoms with Gasteiger partial charge >= 0.3 is 0 Å². The molecular formula is C21H25Cl2NO3. The Labute approximate surface area is 171 Å². The molecule has 0 bridgehead atoms. The number of hydrogen-bond acceptors (Lipinski definition) is 4. The summed E-state index contributed by atoms with van der Waals surface area (Å²) < 4.78 is 6.00. The van der Waals surface area contributed by atoms with E-state index in [1.807, 2.05) is 30.3 Å². The predicted octanol–water partition coefficient (Wildman–Crippen LogP) is 3.84. The number of phenols is 1. The molecule has 1 saturated heterocycles. The lowest BCUT2D eigenvalue weighted by atomic mass is 9.85. The van der Waals surface area contributed by atoms with Crippen LogP contribution in [0.1, 0.15) is 24.0 Å². The van der Waals surface area contributed by atoms with Crippen molar-refractivity contribution in [2.75, 3.05) is 19.6 Å². The van der Waals surface area contributed by atoms with Gasteiger partial charge in [0.1, 0.15) is 17.6 Å². The molecule has 0 saturated carbocycles. The highest BCUT2D eigenvalue weighted by Gasteiger charge is 2.34. The van der Waals surface area contributed by atoms with Gasteiger partial charge in [-0.2, -0.15) is 0 Å². The van der Waals surface area contributed by atoms with Crippen molar-refractivity contribution in [3.05, 3.63) is 58.6 Å². The second-order valence-electron chi connectivity index (χ2n) is 7.56. The molecule has 2 aliphatic heterocycles. The zero-order chi connectivity index (χ0) is 18.1. The topological polar surface area (TPSA) is 52.9 Å². The average molecular weight is 410 g/mol. The van der Waals surface area contributed by atoms with E-state index in [4.69, 9.17) is 16.3 Å². The maximum Gasteiger partial charge on any atom is 0.123 e. The SMILES string of the molecule is Cl.Oc1ccc2c(c1)C[C@@H](CN1CCC(O)(Cc3ccc(Cl)cc3)CC1)O2. The molecule has 1 atom stereocenters. The number of aromatic hydroxyl groups is 1. The molecule has 0 aliphatic carbocycles. The molecule has 1 fully saturated rings. The van der Waals surface area contributed by atoms with Gasteiger partial charge in [-0.1, -0.05) is 23.7 Å². The molecule has 2 N–H and O–H groups in total. The summed E-state index contributed by atoms with van der Waals surface area (Å²) in [6.45, 7) is 2.59. The number of rotatable bonds is 4. The van der Waals surface area contributed by atoms with Crippen LogP contribution in [0.4, 0.5) is 0 Å². The first-order valence-electron chi connectivity index (χ1n) is 9.17. The van der Waals surface area contributed by atoms with E-state index < -0.39 is 5.60 Å². The largest absolute Gasteiger partial charge is 0.508 e. The smallest absolute Gasteiger partial charge is 0.123 e. The number of piperidine rings is 1. The summed E-state index contributed by atoms with van der Waals surface area (Å²) in [6, 6.07) is 13.0. The summed E-state index contributed by atoms with van der Waals surface area (Å²) in [5.41, 5.74) is 1.56. The van der Waals surface area contributed by atoms with Crippen LogP contribution in [0.5, 0.6) is 11.5 Å². The van der Waals surface area contributed by atoms with E-state index >= 15 is 0 Å². The monoisotopic (exact) mass is 409 g/mol. The van der Waals surface area contributed by atoms with E-state index in [2.05, 4.69) is 4.90 Å². The summed E-state index contributed by atoms with van der Waals surface area (Å²) in [5, 5.41) is 21.2. The number of fused-ring (bicyclic) bond motifs is 1. The Morgan fingerprint density at radius 2 is 1.81 bits per heavy atom. The minimum absolute atomic E-state index is 0. The highest BCUT2D eigenvalue weighted by molar-refractivity contribution is 6.30. The number of ether oxygens (including phenoxy) is 1. The van der Waals surface area contributed by atoms with Crippen molar-refractivity contribution in [2.45, 2.75) is 37.4 Å². The first-order valence-corrected chi connectivity index (χ1v) is 9.55. The van der Waals surface area contributed by atoms with Crippen LogP contribution in [0.2, 0.25) is 5.02 Å². The molecule has 2 heterocycles. The van der Waals surface area contributed by atoms with Crippen LogP contribution in [-0.4, -0.2) is 46.5 Å². The van der Waals surface area contributed by atoms with E-state index in [1.54, 1.807) is 12.1 Å². The highest BCUT2D eigenvalue weighted by atomic mass is 35.5. The van der Waals surface area contributed by atoms with Gasteiger partial charge in [-0.25, -0.2) is 0 Å². The normalized spacial score (nSPS) is 21.2. The number of phenolic OH excluding ortho intramolecular Hbond substituents is 1. The lowest BCUT2D eigenvalue weighted by Crippen LogP contribution is -2.48. The van der Waals surface area contributed by atoms with E-state index in [0.717, 1.165) is 60.8 Å². The van der Waals surface area contributed by atoms with Gasteiger partial charge in [-0.05, 0) is 48.7 Å². The number of halogens is 2. The zero-order valence-electron chi connectivity index (χ0n) is 15.1. The Kier molecular flexibility index (Phi) is 6.21. The van der Waals surface area contributed by atoms with E-state index in [9.17, 15) is 10.2 Å². The fraction of sp³-hybridized carbons (Fsp3) is 0.429. The molecule has 146 valence electrons. The van der Waals surface area contributed by atoms with Crippen LogP contribution in [0, 0.1) is 0 Å². The summed E-state index contributed by atoms with van der Waals surface area (Å²) in [6.07, 6.45) is 3.14. The third-order valence-electron chi connectivity index (χ3n) is 5.48. The first-order chi connectivity index (χ1) is 12.5. The van der Waals surface area contributed by atoms with Crippen LogP contribution >= 0.6 is 24.0 Å². The third-order valence-corrected chi connectivity index (χ3v) is 5.73. The molecule has 4 rings (SSSR count). The second-order valence-corrected chi connectivity index (χ2v) is 8.00. The Balaban J connectivity index is 0.00000210. The van der Waals surface area contributed by atoms with Gasteiger partial charge in [0, 0.05) is 43.1 Å². The number of benzene rings is 2. The minimum Gasteiger partial charge on any atom is -0.508 e. The average Bonchev–Trinajstić information content (AvgIpc) is 3.01. The van der Waals surface area contributed by atoms with Gasteiger partial charge in [-0.15, -0.1) is 12.4 Å². The zero-order valence-corrected chi connectivity index (χ0v) is 16.7. The maximum absolute atomic E-state index is 10.9. The Hall–Kier alpha value is -1.46. The van der Waals surface area contributed by atoms with Gasteiger partial charge in [0.15, 0.2) is 0 Å². The molecule has 2 aromatic rings. The lowest BCUT2D eigenvalue weighted by Gasteiger charge is -2.39. The van der Waals surface area contributed by atoms with Crippen LogP contribution in [0.3, 0.4) is 0 Å². The lowest BCUT2D eigenvalue weighted by molar-refractivity contribution is -0.0264. The van der Waals surface area contributed by atoms with Gasteiger partial charge in [0.2, 0.25) is 0 Å². The summed E-state index contributed by atoms with van der Waals surface area (Å²) in [5.74, 6) is 1.17.